The lowest BCUT2D eigenvalue weighted by molar-refractivity contribution is 0.962. The van der Waals surface area contributed by atoms with E-state index < -0.39 is 0 Å². The van der Waals surface area contributed by atoms with Gasteiger partial charge in [-0.25, -0.2) is 0 Å². The average molecular weight is 188 g/mol. The topological polar surface area (TPSA) is 0 Å². The molecule has 12 heavy (non-hydrogen) atoms. The third-order valence-electron chi connectivity index (χ3n) is 1.33. The van der Waals surface area contributed by atoms with Crippen molar-refractivity contribution >= 4 is 0 Å². The van der Waals surface area contributed by atoms with Crippen molar-refractivity contribution in [2.75, 3.05) is 0 Å². The molecule has 0 nitrogen and oxygen atoms in total. The van der Waals surface area contributed by atoms with Crippen molar-refractivity contribution in [3.8, 4) is 0 Å². The summed E-state index contributed by atoms with van der Waals surface area (Å²) in [6.45, 7) is 0. The molecule has 0 fully saturated rings. The molecule has 0 amide bonds. The van der Waals surface area contributed by atoms with E-state index in [-0.39, 0.29) is 18.8 Å². The first-order valence-corrected chi connectivity index (χ1v) is 3.30. The molecule has 0 unspecified atom stereocenters. The van der Waals surface area contributed by atoms with Gasteiger partial charge in [-0.2, -0.15) is 0 Å². The zero-order valence-electron chi connectivity index (χ0n) is 6.77. The Hall–Kier alpha value is -0.800. The maximum atomic E-state index is 2.27. The van der Waals surface area contributed by atoms with E-state index >= 15 is 0 Å². The van der Waals surface area contributed by atoms with Crippen LogP contribution in [0.15, 0.2) is 24.3 Å². The van der Waals surface area contributed by atoms with E-state index in [0.717, 1.165) is 0 Å². The minimum absolute atomic E-state index is 0. The van der Waals surface area contributed by atoms with Crippen LogP contribution in [0.1, 0.15) is 25.7 Å². The van der Waals surface area contributed by atoms with Gasteiger partial charge in [0.25, 0.3) is 0 Å². The lowest BCUT2D eigenvalue weighted by Crippen LogP contribution is -1.71. The van der Waals surface area contributed by atoms with Gasteiger partial charge in [0, 0.05) is 0 Å². The predicted octanol–water partition coefficient (Wildman–Crippen LogP) is 3.28. The van der Waals surface area contributed by atoms with Crippen molar-refractivity contribution in [3.63, 3.8) is 0 Å². The summed E-state index contributed by atoms with van der Waals surface area (Å²) in [5.41, 5.74) is 0. The van der Waals surface area contributed by atoms with Gasteiger partial charge in [0.1, 0.15) is 0 Å². The normalized spacial score (nSPS) is 13.3. The van der Waals surface area contributed by atoms with Crippen molar-refractivity contribution in [2.24, 2.45) is 0 Å². The highest BCUT2D eigenvalue weighted by Gasteiger charge is 1.81. The van der Waals surface area contributed by atoms with Crippen molar-refractivity contribution in [3.05, 3.63) is 24.3 Å². The fourth-order valence-electron chi connectivity index (χ4n) is 0.856. The smallest absolute Gasteiger partial charge is 0.0316 e. The first-order valence-electron chi connectivity index (χ1n) is 3.30. The second-order valence-corrected chi connectivity index (χ2v) is 2.10. The van der Waals surface area contributed by atoms with E-state index in [1.54, 1.807) is 0 Å². The Kier molecular flexibility index (Phi) is 31.2. The largest absolute Gasteiger partial charge is 0.269 e. The van der Waals surface area contributed by atoms with Crippen LogP contribution in [0, 0.1) is 0 Å². The molecule has 0 spiro atoms. The number of rotatable bonds is 0. The van der Waals surface area contributed by atoms with Gasteiger partial charge >= 0.3 is 0 Å². The second kappa shape index (κ2) is 16.7. The molecule has 0 radical (unpaired) electrons. The van der Waals surface area contributed by atoms with Crippen molar-refractivity contribution in [2.45, 2.75) is 25.7 Å². The maximum absolute atomic E-state index is 2.27. The molecule has 1 aliphatic carbocycles. The predicted molar refractivity (Wildman–Crippen MR) is 46.8 cm³/mol. The highest BCUT2D eigenvalue weighted by molar-refractivity contribution is 4.93. The van der Waals surface area contributed by atoms with Crippen LogP contribution in [0.4, 0.5) is 18.8 Å². The molecular weight excluding hydrogens is 172 g/mol. The van der Waals surface area contributed by atoms with Gasteiger partial charge < -0.3 is 0 Å². The minimum Gasteiger partial charge on any atom is -0.269 e. The summed E-state index contributed by atoms with van der Waals surface area (Å²) >= 11 is 0. The summed E-state index contributed by atoms with van der Waals surface area (Å²) < 4.78 is 0. The zero-order chi connectivity index (χ0) is 5.66. The van der Waals surface area contributed by atoms with Crippen LogP contribution >= 0.6 is 0 Å². The number of hydrogen-bond donors (Lipinski definition) is 0. The fourth-order valence-corrected chi connectivity index (χ4v) is 0.856. The van der Waals surface area contributed by atoms with Gasteiger partial charge in [0.05, 0.1) is 0 Å². The van der Waals surface area contributed by atoms with Crippen molar-refractivity contribution < 1.29 is 18.8 Å². The lowest BCUT2D eigenvalue weighted by atomic mass is 10.1. The Balaban J connectivity index is -0.0000000800. The molecule has 1 rings (SSSR count). The monoisotopic (exact) mass is 188 g/mol. The highest BCUT2D eigenvalue weighted by atomic mass is 19.0. The Morgan fingerprint density at radius 3 is 0.750 bits per heavy atom. The first-order chi connectivity index (χ1) is 4.00. The van der Waals surface area contributed by atoms with Gasteiger partial charge in [-0.3, -0.25) is 18.8 Å². The van der Waals surface area contributed by atoms with Crippen LogP contribution in [0.2, 0.25) is 0 Å². The van der Waals surface area contributed by atoms with Gasteiger partial charge in [0.2, 0.25) is 0 Å². The average Bonchev–Trinajstić information content (AvgIpc) is 1.62. The van der Waals surface area contributed by atoms with Crippen LogP contribution in [0.3, 0.4) is 0 Å². The number of hydrogen-bond acceptors (Lipinski definition) is 0. The molecule has 0 aromatic heterocycles. The quantitative estimate of drug-likeness (QED) is 0.404. The van der Waals surface area contributed by atoms with Crippen molar-refractivity contribution in [1.82, 2.24) is 0 Å². The van der Waals surface area contributed by atoms with Gasteiger partial charge in [0.15, 0.2) is 0 Å². The summed E-state index contributed by atoms with van der Waals surface area (Å²) in [5.74, 6) is 0. The Labute approximate surface area is 69.8 Å². The molecule has 0 saturated carbocycles. The van der Waals surface area contributed by atoms with Crippen LogP contribution in [0.5, 0.6) is 0 Å². The van der Waals surface area contributed by atoms with E-state index in [1.165, 1.54) is 25.7 Å². The summed E-state index contributed by atoms with van der Waals surface area (Å²) in [5, 5.41) is 0. The van der Waals surface area contributed by atoms with E-state index in [2.05, 4.69) is 24.3 Å². The summed E-state index contributed by atoms with van der Waals surface area (Å²) in [6.07, 6.45) is 14.0. The van der Waals surface area contributed by atoms with Crippen LogP contribution in [0.25, 0.3) is 0 Å². The summed E-state index contributed by atoms with van der Waals surface area (Å²) in [6, 6.07) is 0. The summed E-state index contributed by atoms with van der Waals surface area (Å²) in [4.78, 5) is 0. The SMILES string of the molecule is C1=CCCC=CCC1.F.F.F.F. The standard InChI is InChI=1S/C8H12.4FH/c1-2-4-6-8-7-5-3-1;;;;/h1-2,7-8H,3-6H2;4*1H. The van der Waals surface area contributed by atoms with Crippen molar-refractivity contribution in [1.29, 1.82) is 0 Å². The van der Waals surface area contributed by atoms with Gasteiger partial charge in [-0.05, 0) is 25.7 Å². The second-order valence-electron chi connectivity index (χ2n) is 2.10. The molecule has 0 aromatic rings. The van der Waals surface area contributed by atoms with E-state index in [9.17, 15) is 0 Å². The Bertz CT molecular complexity index is 83.6. The van der Waals surface area contributed by atoms with Crippen LogP contribution < -0.4 is 0 Å². The molecule has 76 valence electrons. The Morgan fingerprint density at radius 1 is 0.417 bits per heavy atom. The highest BCUT2D eigenvalue weighted by Crippen LogP contribution is 2.02. The molecule has 0 heterocycles. The van der Waals surface area contributed by atoms with Crippen LogP contribution in [-0.4, -0.2) is 0 Å². The molecular formula is C8H16F4. The Morgan fingerprint density at radius 2 is 0.583 bits per heavy atom. The third kappa shape index (κ3) is 11.9. The molecule has 0 aliphatic heterocycles. The molecule has 0 bridgehead atoms. The third-order valence-corrected chi connectivity index (χ3v) is 1.33. The first kappa shape index (κ1) is 22.5. The van der Waals surface area contributed by atoms with E-state index in [1.807, 2.05) is 0 Å². The molecule has 0 atom stereocenters. The van der Waals surface area contributed by atoms with Gasteiger partial charge in [-0.1, -0.05) is 24.3 Å². The number of halogens is 4. The van der Waals surface area contributed by atoms with Gasteiger partial charge in [-0.15, -0.1) is 0 Å². The minimum atomic E-state index is 0. The molecule has 1 aliphatic rings. The summed E-state index contributed by atoms with van der Waals surface area (Å²) in [7, 11) is 0. The molecule has 4 heteroatoms. The maximum Gasteiger partial charge on any atom is -0.0316 e. The molecule has 0 saturated heterocycles. The fraction of sp³-hybridized carbons (Fsp3) is 0.500. The molecule has 0 aromatic carbocycles. The van der Waals surface area contributed by atoms with E-state index in [4.69, 9.17) is 0 Å². The zero-order valence-corrected chi connectivity index (χ0v) is 6.77. The molecule has 0 N–H and O–H groups in total. The number of allylic oxidation sites excluding steroid dienone is 4. The lowest BCUT2D eigenvalue weighted by Gasteiger charge is -1.92. The van der Waals surface area contributed by atoms with Crippen LogP contribution in [-0.2, 0) is 0 Å². The van der Waals surface area contributed by atoms with E-state index in [0.29, 0.717) is 0 Å².